The average molecular weight is 359 g/mol. The number of aliphatic imine (C=N–C) groups is 1. The van der Waals surface area contributed by atoms with Crippen molar-refractivity contribution < 1.29 is 0 Å². The van der Waals surface area contributed by atoms with Crippen LogP contribution < -0.4 is 0 Å². The lowest BCUT2D eigenvalue weighted by molar-refractivity contribution is 0.818. The van der Waals surface area contributed by atoms with Gasteiger partial charge in [0.25, 0.3) is 0 Å². The first-order chi connectivity index (χ1) is 12.8. The Kier molecular flexibility index (Phi) is 4.94. The van der Waals surface area contributed by atoms with Crippen molar-refractivity contribution in [3.05, 3.63) is 94.8 Å². The third kappa shape index (κ3) is 3.76. The second-order valence-electron chi connectivity index (χ2n) is 6.38. The van der Waals surface area contributed by atoms with Crippen LogP contribution in [-0.4, -0.2) is 17.2 Å². The fourth-order valence-electron chi connectivity index (χ4n) is 3.28. The summed E-state index contributed by atoms with van der Waals surface area (Å²) in [4.78, 5) is 9.00. The fraction of sp³-hybridized carbons (Fsp3) is 0.130. The average Bonchev–Trinajstić information content (AvgIpc) is 2.69. The zero-order chi connectivity index (χ0) is 17.8. The molecule has 0 saturated carbocycles. The van der Waals surface area contributed by atoms with Crippen molar-refractivity contribution >= 4 is 23.4 Å². The SMILES string of the molecule is Clc1cccc(-c2cccc(/C=C3/CCCN=C3c3cccnc3)c2)c1. The van der Waals surface area contributed by atoms with Crippen LogP contribution >= 0.6 is 11.6 Å². The van der Waals surface area contributed by atoms with Crippen LogP contribution in [0.1, 0.15) is 24.0 Å². The number of benzene rings is 2. The maximum Gasteiger partial charge on any atom is 0.0694 e. The van der Waals surface area contributed by atoms with E-state index in [1.54, 1.807) is 6.20 Å². The van der Waals surface area contributed by atoms with Gasteiger partial charge in [-0.05, 0) is 71.5 Å². The third-order valence-electron chi connectivity index (χ3n) is 4.50. The van der Waals surface area contributed by atoms with Gasteiger partial charge in [0.2, 0.25) is 0 Å². The minimum Gasteiger partial charge on any atom is -0.284 e. The minimum atomic E-state index is 0.754. The largest absolute Gasteiger partial charge is 0.284 e. The standard InChI is InChI=1S/C23H19ClN2/c24-22-10-2-7-19(15-22)18-6-1-5-17(13-18)14-20-8-4-12-26-23(20)21-9-3-11-25-16-21/h1-3,5-7,9-11,13-16H,4,8,12H2/b20-14-. The highest BCUT2D eigenvalue weighted by Gasteiger charge is 2.14. The molecule has 0 N–H and O–H groups in total. The van der Waals surface area contributed by atoms with Crippen LogP contribution in [0.5, 0.6) is 0 Å². The second-order valence-corrected chi connectivity index (χ2v) is 6.82. The van der Waals surface area contributed by atoms with E-state index in [2.05, 4.69) is 47.5 Å². The molecule has 0 amide bonds. The first-order valence-corrected chi connectivity index (χ1v) is 9.19. The highest BCUT2D eigenvalue weighted by atomic mass is 35.5. The van der Waals surface area contributed by atoms with Crippen LogP contribution in [0.4, 0.5) is 0 Å². The number of hydrogen-bond acceptors (Lipinski definition) is 2. The van der Waals surface area contributed by atoms with Crippen molar-refractivity contribution in [3.63, 3.8) is 0 Å². The minimum absolute atomic E-state index is 0.754. The summed E-state index contributed by atoms with van der Waals surface area (Å²) < 4.78 is 0. The van der Waals surface area contributed by atoms with E-state index < -0.39 is 0 Å². The quantitative estimate of drug-likeness (QED) is 0.558. The van der Waals surface area contributed by atoms with Gasteiger partial charge in [-0.3, -0.25) is 9.98 Å². The number of allylic oxidation sites excluding steroid dienone is 1. The molecule has 1 aliphatic heterocycles. The fourth-order valence-corrected chi connectivity index (χ4v) is 3.47. The Morgan fingerprint density at radius 1 is 0.885 bits per heavy atom. The predicted molar refractivity (Wildman–Crippen MR) is 110 cm³/mol. The van der Waals surface area contributed by atoms with Crippen LogP contribution in [0, 0.1) is 0 Å². The Hall–Kier alpha value is -2.71. The van der Waals surface area contributed by atoms with Gasteiger partial charge in [0.15, 0.2) is 0 Å². The summed E-state index contributed by atoms with van der Waals surface area (Å²) in [7, 11) is 0. The Bertz CT molecular complexity index is 974. The van der Waals surface area contributed by atoms with Gasteiger partial charge in [-0.1, -0.05) is 41.9 Å². The summed E-state index contributed by atoms with van der Waals surface area (Å²) in [5.74, 6) is 0. The molecule has 0 fully saturated rings. The van der Waals surface area contributed by atoms with Crippen LogP contribution in [0.25, 0.3) is 17.2 Å². The monoisotopic (exact) mass is 358 g/mol. The van der Waals surface area contributed by atoms with Gasteiger partial charge < -0.3 is 0 Å². The Morgan fingerprint density at radius 2 is 1.69 bits per heavy atom. The highest BCUT2D eigenvalue weighted by Crippen LogP contribution is 2.26. The number of aromatic nitrogens is 1. The molecular weight excluding hydrogens is 340 g/mol. The maximum absolute atomic E-state index is 6.14. The van der Waals surface area contributed by atoms with Crippen molar-refractivity contribution in [3.8, 4) is 11.1 Å². The summed E-state index contributed by atoms with van der Waals surface area (Å²) in [5.41, 5.74) is 6.89. The van der Waals surface area contributed by atoms with Gasteiger partial charge in [-0.25, -0.2) is 0 Å². The number of hydrogen-bond donors (Lipinski definition) is 0. The van der Waals surface area contributed by atoms with Gasteiger partial charge in [0, 0.05) is 29.5 Å². The zero-order valence-corrected chi connectivity index (χ0v) is 15.2. The third-order valence-corrected chi connectivity index (χ3v) is 4.73. The lowest BCUT2D eigenvalue weighted by atomic mass is 9.94. The molecule has 2 aromatic carbocycles. The maximum atomic E-state index is 6.14. The molecule has 0 radical (unpaired) electrons. The smallest absolute Gasteiger partial charge is 0.0694 e. The lowest BCUT2D eigenvalue weighted by Crippen LogP contribution is -2.11. The van der Waals surface area contributed by atoms with Gasteiger partial charge in [0.05, 0.1) is 5.71 Å². The molecule has 0 spiro atoms. The predicted octanol–water partition coefficient (Wildman–Crippen LogP) is 6.07. The van der Waals surface area contributed by atoms with Crippen LogP contribution in [0.2, 0.25) is 5.02 Å². The normalized spacial score (nSPS) is 15.7. The van der Waals surface area contributed by atoms with E-state index in [9.17, 15) is 0 Å². The van der Waals surface area contributed by atoms with E-state index in [4.69, 9.17) is 16.6 Å². The summed E-state index contributed by atoms with van der Waals surface area (Å²) >= 11 is 6.14. The number of pyridine rings is 1. The molecule has 128 valence electrons. The van der Waals surface area contributed by atoms with E-state index in [-0.39, 0.29) is 0 Å². The number of halogens is 1. The number of nitrogens with zero attached hydrogens (tertiary/aromatic N) is 2. The van der Waals surface area contributed by atoms with E-state index in [1.807, 2.05) is 30.5 Å². The van der Waals surface area contributed by atoms with Gasteiger partial charge in [-0.15, -0.1) is 0 Å². The van der Waals surface area contributed by atoms with Crippen molar-refractivity contribution in [2.24, 2.45) is 4.99 Å². The van der Waals surface area contributed by atoms with Crippen molar-refractivity contribution in [2.45, 2.75) is 12.8 Å². The molecule has 2 nitrogen and oxygen atoms in total. The molecule has 26 heavy (non-hydrogen) atoms. The summed E-state index contributed by atoms with van der Waals surface area (Å²) in [6.07, 6.45) is 8.06. The molecule has 3 heteroatoms. The molecule has 0 aliphatic carbocycles. The lowest BCUT2D eigenvalue weighted by Gasteiger charge is -2.16. The first kappa shape index (κ1) is 16.7. The Morgan fingerprint density at radius 3 is 2.50 bits per heavy atom. The van der Waals surface area contributed by atoms with Crippen molar-refractivity contribution in [2.75, 3.05) is 6.54 Å². The molecule has 2 heterocycles. The first-order valence-electron chi connectivity index (χ1n) is 8.81. The molecule has 0 saturated heterocycles. The molecule has 0 unspecified atom stereocenters. The molecule has 4 rings (SSSR count). The van der Waals surface area contributed by atoms with E-state index in [0.29, 0.717) is 0 Å². The van der Waals surface area contributed by atoms with Crippen LogP contribution in [0.3, 0.4) is 0 Å². The topological polar surface area (TPSA) is 25.2 Å². The van der Waals surface area contributed by atoms with E-state index >= 15 is 0 Å². The van der Waals surface area contributed by atoms with Crippen molar-refractivity contribution in [1.29, 1.82) is 0 Å². The van der Waals surface area contributed by atoms with Gasteiger partial charge >= 0.3 is 0 Å². The van der Waals surface area contributed by atoms with Crippen LogP contribution in [0.15, 0.2) is 83.6 Å². The zero-order valence-electron chi connectivity index (χ0n) is 14.4. The van der Waals surface area contributed by atoms with Gasteiger partial charge in [-0.2, -0.15) is 0 Å². The van der Waals surface area contributed by atoms with Gasteiger partial charge in [0.1, 0.15) is 0 Å². The number of rotatable bonds is 3. The molecule has 3 aromatic rings. The summed E-state index contributed by atoms with van der Waals surface area (Å²) in [6, 6.07) is 20.5. The van der Waals surface area contributed by atoms with E-state index in [0.717, 1.165) is 46.8 Å². The highest BCUT2D eigenvalue weighted by molar-refractivity contribution is 6.30. The molecule has 1 aliphatic rings. The van der Waals surface area contributed by atoms with Crippen LogP contribution in [-0.2, 0) is 0 Å². The molecule has 0 atom stereocenters. The van der Waals surface area contributed by atoms with Crippen molar-refractivity contribution in [1.82, 2.24) is 4.98 Å². The van der Waals surface area contributed by atoms with E-state index in [1.165, 1.54) is 11.1 Å². The molecular formula is C23H19ClN2. The molecule has 0 bridgehead atoms. The molecule has 1 aromatic heterocycles. The second kappa shape index (κ2) is 7.67. The Balaban J connectivity index is 1.70. The Labute approximate surface area is 158 Å². The summed E-state index contributed by atoms with van der Waals surface area (Å²) in [6.45, 7) is 0.879. The summed E-state index contributed by atoms with van der Waals surface area (Å²) in [5, 5.41) is 0.754.